The van der Waals surface area contributed by atoms with Crippen LogP contribution < -0.4 is 4.72 Å². The third kappa shape index (κ3) is 3.82. The Kier molecular flexibility index (Phi) is 5.03. The van der Waals surface area contributed by atoms with Gasteiger partial charge in [0.1, 0.15) is 0 Å². The molecule has 0 amide bonds. The molecular weight excluding hydrogens is 362 g/mol. The van der Waals surface area contributed by atoms with E-state index in [1.165, 1.54) is 12.1 Å². The molecule has 1 aliphatic carbocycles. The summed E-state index contributed by atoms with van der Waals surface area (Å²) in [4.78, 5) is 10.8. The van der Waals surface area contributed by atoms with Crippen molar-refractivity contribution in [2.45, 2.75) is 42.7 Å². The molecule has 116 valence electrons. The molecule has 1 aromatic rings. The number of halogens is 1. The number of carboxylic acid groups (broad SMARTS) is 1. The summed E-state index contributed by atoms with van der Waals surface area (Å²) in [6.45, 7) is 0. The van der Waals surface area contributed by atoms with Crippen LogP contribution in [0.2, 0.25) is 0 Å². The molecule has 1 saturated carbocycles. The molecule has 3 N–H and O–H groups in total. The van der Waals surface area contributed by atoms with Gasteiger partial charge in [-0.3, -0.25) is 0 Å². The smallest absolute Gasteiger partial charge is 0.335 e. The number of aliphatic hydroxyl groups is 1. The van der Waals surface area contributed by atoms with Gasteiger partial charge in [-0.1, -0.05) is 12.8 Å². The summed E-state index contributed by atoms with van der Waals surface area (Å²) in [5.41, 5.74) is -0.109. The first kappa shape index (κ1) is 16.4. The van der Waals surface area contributed by atoms with Crippen molar-refractivity contribution in [3.05, 3.63) is 28.2 Å². The molecule has 1 aromatic carbocycles. The van der Waals surface area contributed by atoms with Gasteiger partial charge in [0.05, 0.1) is 16.6 Å². The number of nitrogens with one attached hydrogen (secondary N) is 1. The van der Waals surface area contributed by atoms with Gasteiger partial charge < -0.3 is 10.2 Å². The fraction of sp³-hybridized carbons (Fsp3) is 0.462. The van der Waals surface area contributed by atoms with E-state index in [-0.39, 0.29) is 14.9 Å². The monoisotopic (exact) mass is 377 g/mol. The number of carbonyl (C=O) groups is 1. The first-order chi connectivity index (χ1) is 9.81. The number of aliphatic hydroxyl groups excluding tert-OH is 1. The largest absolute Gasteiger partial charge is 0.478 e. The van der Waals surface area contributed by atoms with Crippen LogP contribution >= 0.6 is 15.9 Å². The highest BCUT2D eigenvalue weighted by Gasteiger charge is 2.29. The predicted octanol–water partition coefficient (Wildman–Crippen LogP) is 1.73. The van der Waals surface area contributed by atoms with Crippen molar-refractivity contribution in [3.63, 3.8) is 0 Å². The lowest BCUT2D eigenvalue weighted by Crippen LogP contribution is -2.45. The lowest BCUT2D eigenvalue weighted by atomic mass is 9.93. The summed E-state index contributed by atoms with van der Waals surface area (Å²) < 4.78 is 27.5. The SMILES string of the molecule is O=C(O)c1ccc(Br)c(S(=O)(=O)NC2CCCCC2O)c1. The van der Waals surface area contributed by atoms with Crippen LogP contribution in [0.15, 0.2) is 27.6 Å². The molecule has 21 heavy (non-hydrogen) atoms. The highest BCUT2D eigenvalue weighted by Crippen LogP contribution is 2.26. The Labute approximate surface area is 131 Å². The van der Waals surface area contributed by atoms with Gasteiger partial charge >= 0.3 is 5.97 Å². The van der Waals surface area contributed by atoms with E-state index in [1.54, 1.807) is 0 Å². The molecule has 1 fully saturated rings. The van der Waals surface area contributed by atoms with Crippen LogP contribution in [-0.4, -0.2) is 36.7 Å². The molecule has 0 spiro atoms. The van der Waals surface area contributed by atoms with Crippen molar-refractivity contribution >= 4 is 31.9 Å². The van der Waals surface area contributed by atoms with Gasteiger partial charge in [0.25, 0.3) is 0 Å². The standard InChI is InChI=1S/C13H16BrNO5S/c14-9-6-5-8(13(17)18)7-12(9)21(19,20)15-10-3-1-2-4-11(10)16/h5-7,10-11,15-16H,1-4H2,(H,17,18). The average molecular weight is 378 g/mol. The molecule has 0 bridgehead atoms. The quantitative estimate of drug-likeness (QED) is 0.740. The van der Waals surface area contributed by atoms with Crippen molar-refractivity contribution in [2.75, 3.05) is 0 Å². The van der Waals surface area contributed by atoms with Crippen LogP contribution in [0.5, 0.6) is 0 Å². The summed E-state index contributed by atoms with van der Waals surface area (Å²) in [5.74, 6) is -1.20. The number of hydrogen-bond donors (Lipinski definition) is 3. The molecule has 2 rings (SSSR count). The van der Waals surface area contributed by atoms with E-state index in [0.29, 0.717) is 12.8 Å². The number of sulfonamides is 1. The molecule has 1 aliphatic rings. The first-order valence-corrected chi connectivity index (χ1v) is 8.82. The maximum Gasteiger partial charge on any atom is 0.335 e. The normalized spacial score (nSPS) is 23.0. The van der Waals surface area contributed by atoms with Gasteiger partial charge in [-0.05, 0) is 47.0 Å². The Hall–Kier alpha value is -0.960. The Morgan fingerprint density at radius 2 is 1.95 bits per heavy atom. The van der Waals surface area contributed by atoms with Crippen molar-refractivity contribution in [3.8, 4) is 0 Å². The number of hydrogen-bond acceptors (Lipinski definition) is 4. The summed E-state index contributed by atoms with van der Waals surface area (Å²) >= 11 is 3.12. The van der Waals surface area contributed by atoms with Gasteiger partial charge in [-0.25, -0.2) is 17.9 Å². The van der Waals surface area contributed by atoms with E-state index < -0.39 is 28.1 Å². The second-order valence-corrected chi connectivity index (χ2v) is 7.57. The molecule has 0 aromatic heterocycles. The Morgan fingerprint density at radius 1 is 1.29 bits per heavy atom. The van der Waals surface area contributed by atoms with Crippen LogP contribution in [0.25, 0.3) is 0 Å². The minimum absolute atomic E-state index is 0.109. The summed E-state index contributed by atoms with van der Waals surface area (Å²) in [7, 11) is -3.90. The second kappa shape index (κ2) is 6.43. The molecule has 0 aliphatic heterocycles. The second-order valence-electron chi connectivity index (χ2n) is 5.03. The predicted molar refractivity (Wildman–Crippen MR) is 79.7 cm³/mol. The molecule has 6 nitrogen and oxygen atoms in total. The molecule has 2 atom stereocenters. The Bertz CT molecular complexity index is 646. The van der Waals surface area contributed by atoms with Crippen molar-refractivity contribution < 1.29 is 23.4 Å². The molecule has 2 unspecified atom stereocenters. The minimum atomic E-state index is -3.90. The van der Waals surface area contributed by atoms with E-state index in [0.717, 1.165) is 18.9 Å². The van der Waals surface area contributed by atoms with Crippen LogP contribution in [0.1, 0.15) is 36.0 Å². The van der Waals surface area contributed by atoms with Crippen molar-refractivity contribution in [1.29, 1.82) is 0 Å². The summed E-state index contributed by atoms with van der Waals surface area (Å²) in [5, 5.41) is 18.8. The van der Waals surface area contributed by atoms with E-state index in [2.05, 4.69) is 20.7 Å². The zero-order valence-corrected chi connectivity index (χ0v) is 13.5. The third-order valence-corrected chi connectivity index (χ3v) is 5.99. The molecule has 0 saturated heterocycles. The first-order valence-electron chi connectivity index (χ1n) is 6.54. The number of benzene rings is 1. The lowest BCUT2D eigenvalue weighted by Gasteiger charge is -2.28. The van der Waals surface area contributed by atoms with E-state index in [4.69, 9.17) is 5.11 Å². The van der Waals surface area contributed by atoms with E-state index in [9.17, 15) is 18.3 Å². The lowest BCUT2D eigenvalue weighted by molar-refractivity contribution is 0.0696. The van der Waals surface area contributed by atoms with Crippen LogP contribution in [0.4, 0.5) is 0 Å². The highest BCUT2D eigenvalue weighted by atomic mass is 79.9. The van der Waals surface area contributed by atoms with E-state index in [1.807, 2.05) is 0 Å². The zero-order chi connectivity index (χ0) is 15.6. The van der Waals surface area contributed by atoms with Gasteiger partial charge in [-0.2, -0.15) is 0 Å². The van der Waals surface area contributed by atoms with E-state index >= 15 is 0 Å². The molecule has 8 heteroatoms. The minimum Gasteiger partial charge on any atom is -0.478 e. The number of aromatic carboxylic acids is 1. The van der Waals surface area contributed by atoms with Gasteiger partial charge in [0, 0.05) is 10.5 Å². The maximum atomic E-state index is 12.4. The Balaban J connectivity index is 2.30. The van der Waals surface area contributed by atoms with Gasteiger partial charge in [0.2, 0.25) is 10.0 Å². The van der Waals surface area contributed by atoms with Crippen LogP contribution in [0.3, 0.4) is 0 Å². The van der Waals surface area contributed by atoms with Gasteiger partial charge in [0.15, 0.2) is 0 Å². The summed E-state index contributed by atoms with van der Waals surface area (Å²) in [6.07, 6.45) is 2.13. The molecule has 0 heterocycles. The van der Waals surface area contributed by atoms with Gasteiger partial charge in [-0.15, -0.1) is 0 Å². The fourth-order valence-electron chi connectivity index (χ4n) is 2.35. The third-order valence-electron chi connectivity index (χ3n) is 3.50. The summed E-state index contributed by atoms with van der Waals surface area (Å²) in [6, 6.07) is 3.27. The maximum absolute atomic E-state index is 12.4. The fourth-order valence-corrected chi connectivity index (χ4v) is 4.65. The number of rotatable bonds is 4. The van der Waals surface area contributed by atoms with Crippen molar-refractivity contribution in [2.24, 2.45) is 0 Å². The zero-order valence-electron chi connectivity index (χ0n) is 11.1. The number of carboxylic acids is 1. The molecule has 0 radical (unpaired) electrons. The van der Waals surface area contributed by atoms with Crippen LogP contribution in [-0.2, 0) is 10.0 Å². The van der Waals surface area contributed by atoms with Crippen molar-refractivity contribution in [1.82, 2.24) is 4.72 Å². The highest BCUT2D eigenvalue weighted by molar-refractivity contribution is 9.10. The van der Waals surface area contributed by atoms with Crippen LogP contribution in [0, 0.1) is 0 Å². The molecular formula is C13H16BrNO5S. The average Bonchev–Trinajstić information content (AvgIpc) is 2.41. The Morgan fingerprint density at radius 3 is 2.57 bits per heavy atom. The topological polar surface area (TPSA) is 104 Å².